The van der Waals surface area contributed by atoms with Gasteiger partial charge in [0.15, 0.2) is 11.5 Å². The summed E-state index contributed by atoms with van der Waals surface area (Å²) in [7, 11) is 0. The molecule has 6 heteroatoms. The zero-order valence-electron chi connectivity index (χ0n) is 13.0. The molecular formula is C15H21NO5. The fourth-order valence-corrected chi connectivity index (χ4v) is 2.08. The summed E-state index contributed by atoms with van der Waals surface area (Å²) in [6.07, 6.45) is 0. The predicted octanol–water partition coefficient (Wildman–Crippen LogP) is 2.54. The van der Waals surface area contributed by atoms with Gasteiger partial charge in [-0.25, -0.2) is 10.7 Å². The number of ether oxygens (including phenoxy) is 3. The number of carbonyl (C=O) groups is 1. The molecule has 1 aromatic rings. The van der Waals surface area contributed by atoms with Crippen LogP contribution in [0, 0.1) is 0 Å². The first-order valence-electron chi connectivity index (χ1n) is 6.72. The molecule has 0 bridgehead atoms. The number of fused-ring (bicyclic) bond motifs is 1. The lowest BCUT2D eigenvalue weighted by atomic mass is 10.1. The zero-order valence-corrected chi connectivity index (χ0v) is 13.0. The van der Waals surface area contributed by atoms with Crippen LogP contribution in [0.4, 0.5) is 0 Å². The molecule has 0 aromatic heterocycles. The highest BCUT2D eigenvalue weighted by molar-refractivity contribution is 5.95. The molecule has 0 spiro atoms. The molecule has 0 saturated carbocycles. The standard InChI is InChI=1S/C15H21NO5/c1-14(2,3)21-13(17)11-9(8-18-16)6-7-10-12(11)20-15(4,5)19-10/h6-7H,8,16H2,1-5H3. The minimum absolute atomic E-state index is 0.0750. The van der Waals surface area contributed by atoms with Gasteiger partial charge in [-0.05, 0) is 32.4 Å². The molecule has 0 atom stereocenters. The van der Waals surface area contributed by atoms with Crippen molar-refractivity contribution in [2.24, 2.45) is 5.90 Å². The van der Waals surface area contributed by atoms with Gasteiger partial charge in [0.1, 0.15) is 11.2 Å². The highest BCUT2D eigenvalue weighted by Crippen LogP contribution is 2.43. The van der Waals surface area contributed by atoms with Gasteiger partial charge in [-0.1, -0.05) is 6.07 Å². The minimum atomic E-state index is -0.832. The molecule has 0 saturated heterocycles. The molecule has 0 amide bonds. The Kier molecular flexibility index (Phi) is 3.86. The van der Waals surface area contributed by atoms with Crippen molar-refractivity contribution in [3.05, 3.63) is 23.3 Å². The fraction of sp³-hybridized carbons (Fsp3) is 0.533. The Bertz CT molecular complexity index is 560. The topological polar surface area (TPSA) is 80.0 Å². The van der Waals surface area contributed by atoms with E-state index in [1.54, 1.807) is 46.8 Å². The largest absolute Gasteiger partial charge is 0.456 e. The Morgan fingerprint density at radius 1 is 1.29 bits per heavy atom. The highest BCUT2D eigenvalue weighted by Gasteiger charge is 2.37. The summed E-state index contributed by atoms with van der Waals surface area (Å²) in [4.78, 5) is 17.1. The van der Waals surface area contributed by atoms with Gasteiger partial charge >= 0.3 is 5.97 Å². The molecule has 0 radical (unpaired) electrons. The fourth-order valence-electron chi connectivity index (χ4n) is 2.08. The normalized spacial score (nSPS) is 15.9. The number of esters is 1. The van der Waals surface area contributed by atoms with Crippen LogP contribution in [-0.2, 0) is 16.2 Å². The quantitative estimate of drug-likeness (QED) is 0.682. The molecule has 1 aliphatic heterocycles. The Morgan fingerprint density at radius 2 is 1.95 bits per heavy atom. The Morgan fingerprint density at radius 3 is 2.52 bits per heavy atom. The Hall–Kier alpha value is -1.79. The molecule has 116 valence electrons. The lowest BCUT2D eigenvalue weighted by molar-refractivity contribution is -0.0438. The van der Waals surface area contributed by atoms with E-state index >= 15 is 0 Å². The van der Waals surface area contributed by atoms with Crippen LogP contribution >= 0.6 is 0 Å². The zero-order chi connectivity index (χ0) is 15.8. The van der Waals surface area contributed by atoms with E-state index in [1.807, 2.05) is 0 Å². The van der Waals surface area contributed by atoms with Gasteiger partial charge in [0.2, 0.25) is 5.79 Å². The van der Waals surface area contributed by atoms with Crippen LogP contribution in [0.25, 0.3) is 0 Å². The van der Waals surface area contributed by atoms with Crippen molar-refractivity contribution in [1.82, 2.24) is 0 Å². The molecule has 0 aliphatic carbocycles. The van der Waals surface area contributed by atoms with Crippen molar-refractivity contribution in [3.63, 3.8) is 0 Å². The van der Waals surface area contributed by atoms with Crippen molar-refractivity contribution < 1.29 is 23.8 Å². The lowest BCUT2D eigenvalue weighted by Gasteiger charge is -2.21. The Labute approximate surface area is 124 Å². The maximum atomic E-state index is 12.5. The summed E-state index contributed by atoms with van der Waals surface area (Å²) >= 11 is 0. The summed E-state index contributed by atoms with van der Waals surface area (Å²) in [5.41, 5.74) is 0.264. The SMILES string of the molecule is CC(C)(C)OC(=O)c1c(CON)ccc2c1OC(C)(C)O2. The van der Waals surface area contributed by atoms with Crippen LogP contribution in [-0.4, -0.2) is 17.4 Å². The molecule has 0 unspecified atom stereocenters. The van der Waals surface area contributed by atoms with Crippen molar-refractivity contribution >= 4 is 5.97 Å². The molecular weight excluding hydrogens is 274 g/mol. The van der Waals surface area contributed by atoms with E-state index in [-0.39, 0.29) is 6.61 Å². The van der Waals surface area contributed by atoms with Crippen molar-refractivity contribution in [1.29, 1.82) is 0 Å². The molecule has 6 nitrogen and oxygen atoms in total. The number of nitrogens with two attached hydrogens (primary N) is 1. The molecule has 2 N–H and O–H groups in total. The summed E-state index contributed by atoms with van der Waals surface area (Å²) in [5, 5.41) is 0. The minimum Gasteiger partial charge on any atom is -0.456 e. The molecule has 0 fully saturated rings. The van der Waals surface area contributed by atoms with Crippen LogP contribution in [0.2, 0.25) is 0 Å². The third-order valence-electron chi connectivity index (χ3n) is 2.75. The molecule has 1 heterocycles. The molecule has 21 heavy (non-hydrogen) atoms. The van der Waals surface area contributed by atoms with Crippen LogP contribution in [0.1, 0.15) is 50.5 Å². The number of hydrogen-bond acceptors (Lipinski definition) is 6. The smallest absolute Gasteiger partial charge is 0.342 e. The van der Waals surface area contributed by atoms with Gasteiger partial charge in [0.25, 0.3) is 0 Å². The van der Waals surface area contributed by atoms with Crippen LogP contribution in [0.3, 0.4) is 0 Å². The van der Waals surface area contributed by atoms with Gasteiger partial charge in [-0.15, -0.1) is 0 Å². The summed E-state index contributed by atoms with van der Waals surface area (Å²) in [5.74, 6) is 4.67. The van der Waals surface area contributed by atoms with Gasteiger partial charge in [-0.3, -0.25) is 4.84 Å². The Balaban J connectivity index is 2.47. The lowest BCUT2D eigenvalue weighted by Crippen LogP contribution is -2.30. The van der Waals surface area contributed by atoms with E-state index in [0.717, 1.165) is 0 Å². The van der Waals surface area contributed by atoms with Crippen molar-refractivity contribution in [2.45, 2.75) is 52.6 Å². The number of rotatable bonds is 3. The first-order valence-corrected chi connectivity index (χ1v) is 6.72. The third-order valence-corrected chi connectivity index (χ3v) is 2.75. The second-order valence-electron chi connectivity index (χ2n) is 6.34. The summed E-state index contributed by atoms with van der Waals surface area (Å²) < 4.78 is 16.8. The maximum Gasteiger partial charge on any atom is 0.342 e. The van der Waals surface area contributed by atoms with Crippen molar-refractivity contribution in [3.8, 4) is 11.5 Å². The molecule has 2 rings (SSSR count). The first kappa shape index (κ1) is 15.6. The average molecular weight is 295 g/mol. The molecule has 1 aromatic carbocycles. The van der Waals surface area contributed by atoms with Crippen molar-refractivity contribution in [2.75, 3.05) is 0 Å². The van der Waals surface area contributed by atoms with E-state index in [0.29, 0.717) is 22.6 Å². The molecule has 1 aliphatic rings. The van der Waals surface area contributed by atoms with Gasteiger partial charge in [-0.2, -0.15) is 0 Å². The number of benzene rings is 1. The van der Waals surface area contributed by atoms with Crippen LogP contribution in [0.15, 0.2) is 12.1 Å². The van der Waals surface area contributed by atoms with E-state index in [9.17, 15) is 4.79 Å². The third kappa shape index (κ3) is 3.46. The first-order chi connectivity index (χ1) is 9.63. The van der Waals surface area contributed by atoms with E-state index in [1.165, 1.54) is 0 Å². The number of hydrogen-bond donors (Lipinski definition) is 1. The van der Waals surface area contributed by atoms with E-state index < -0.39 is 17.4 Å². The van der Waals surface area contributed by atoms with Crippen LogP contribution < -0.4 is 15.4 Å². The highest BCUT2D eigenvalue weighted by atomic mass is 16.7. The monoisotopic (exact) mass is 295 g/mol. The average Bonchev–Trinajstić information content (AvgIpc) is 2.60. The van der Waals surface area contributed by atoms with E-state index in [4.69, 9.17) is 20.1 Å². The van der Waals surface area contributed by atoms with E-state index in [2.05, 4.69) is 4.84 Å². The van der Waals surface area contributed by atoms with Gasteiger partial charge < -0.3 is 14.2 Å². The number of carbonyl (C=O) groups excluding carboxylic acids is 1. The van der Waals surface area contributed by atoms with Crippen LogP contribution in [0.5, 0.6) is 11.5 Å². The van der Waals surface area contributed by atoms with Gasteiger partial charge in [0, 0.05) is 13.8 Å². The van der Waals surface area contributed by atoms with Gasteiger partial charge in [0.05, 0.1) is 6.61 Å². The summed E-state index contributed by atoms with van der Waals surface area (Å²) in [6, 6.07) is 3.45. The maximum absolute atomic E-state index is 12.5. The second-order valence-corrected chi connectivity index (χ2v) is 6.34. The summed E-state index contributed by atoms with van der Waals surface area (Å²) in [6.45, 7) is 9.01. The second kappa shape index (κ2) is 5.20. The predicted molar refractivity (Wildman–Crippen MR) is 75.9 cm³/mol.